The zero-order valence-corrected chi connectivity index (χ0v) is 20.4. The topological polar surface area (TPSA) is 90.7 Å². The molecule has 2 heterocycles. The Bertz CT molecular complexity index is 1320. The maximum absolute atomic E-state index is 6.23. The third-order valence-electron chi connectivity index (χ3n) is 6.03. The summed E-state index contributed by atoms with van der Waals surface area (Å²) < 4.78 is 0.865. The van der Waals surface area contributed by atoms with Crippen molar-refractivity contribution in [2.45, 2.75) is 6.16 Å². The molecule has 33 heavy (non-hydrogen) atoms. The number of fused-ring (bicyclic) bond motifs is 1. The maximum atomic E-state index is 6.23. The fraction of sp³-hybridized carbons (Fsp3) is 0.0385. The first-order valence-electron chi connectivity index (χ1n) is 10.6. The zero-order valence-electron chi connectivity index (χ0n) is 17.8. The van der Waals surface area contributed by atoms with Gasteiger partial charge in [0.05, 0.1) is 0 Å². The summed E-state index contributed by atoms with van der Waals surface area (Å²) in [6.45, 7) is 0. The van der Waals surface area contributed by atoms with E-state index in [9.17, 15) is 0 Å². The normalized spacial score (nSPS) is 12.0. The van der Waals surface area contributed by atoms with Crippen LogP contribution in [-0.2, 0) is 6.16 Å². The van der Waals surface area contributed by atoms with Crippen molar-refractivity contribution in [1.82, 2.24) is 15.0 Å². The molecule has 7 heteroatoms. The summed E-state index contributed by atoms with van der Waals surface area (Å²) in [5.41, 5.74) is 13.6. The SMILES string of the molecule is Nc1nc(N)c2c(Br)c(C[PH](c3ccccc3)(c3ccccc3)c3ccccc3)cnc2n1. The fourth-order valence-corrected chi connectivity index (χ4v) is 10.1. The van der Waals surface area contributed by atoms with Crippen LogP contribution < -0.4 is 27.4 Å². The summed E-state index contributed by atoms with van der Waals surface area (Å²) in [5, 5.41) is 4.68. The van der Waals surface area contributed by atoms with E-state index in [0.29, 0.717) is 16.9 Å². The number of hydrogen-bond acceptors (Lipinski definition) is 5. The van der Waals surface area contributed by atoms with Gasteiger partial charge in [-0.05, 0) is 0 Å². The average molecular weight is 516 g/mol. The van der Waals surface area contributed by atoms with Gasteiger partial charge in [-0.1, -0.05) is 0 Å². The first-order valence-corrected chi connectivity index (χ1v) is 13.6. The molecule has 0 bridgehead atoms. The number of benzene rings is 3. The third-order valence-corrected chi connectivity index (χ3v) is 11.8. The summed E-state index contributed by atoms with van der Waals surface area (Å²) in [7, 11) is -2.49. The van der Waals surface area contributed by atoms with Crippen LogP contribution in [0.4, 0.5) is 11.8 Å². The molecule has 164 valence electrons. The van der Waals surface area contributed by atoms with Crippen LogP contribution in [0.25, 0.3) is 11.0 Å². The van der Waals surface area contributed by atoms with Crippen LogP contribution in [0.3, 0.4) is 0 Å². The van der Waals surface area contributed by atoms with E-state index >= 15 is 0 Å². The van der Waals surface area contributed by atoms with Gasteiger partial charge >= 0.3 is 202 Å². The second-order valence-corrected chi connectivity index (χ2v) is 12.6. The molecule has 0 aliphatic carbocycles. The second kappa shape index (κ2) is 8.89. The Morgan fingerprint density at radius 3 is 1.67 bits per heavy atom. The molecule has 0 aliphatic heterocycles. The monoisotopic (exact) mass is 515 g/mol. The fourth-order valence-electron chi connectivity index (χ4n) is 4.53. The van der Waals surface area contributed by atoms with Crippen LogP contribution in [0.5, 0.6) is 0 Å². The number of aromatic nitrogens is 3. The van der Waals surface area contributed by atoms with Gasteiger partial charge < -0.3 is 0 Å². The number of hydrogen-bond donors (Lipinski definition) is 2. The van der Waals surface area contributed by atoms with Gasteiger partial charge in [-0.2, -0.15) is 0 Å². The molecular formula is C26H23BrN5P. The van der Waals surface area contributed by atoms with Crippen molar-refractivity contribution < 1.29 is 0 Å². The molecule has 2 aromatic heterocycles. The van der Waals surface area contributed by atoms with Crippen LogP contribution in [0.1, 0.15) is 5.56 Å². The molecular weight excluding hydrogens is 493 g/mol. The summed E-state index contributed by atoms with van der Waals surface area (Å²) in [6.07, 6.45) is 2.67. The van der Waals surface area contributed by atoms with Crippen LogP contribution >= 0.6 is 23.2 Å². The molecule has 0 atom stereocenters. The molecule has 5 aromatic rings. The first-order chi connectivity index (χ1) is 16.1. The molecule has 3 aromatic carbocycles. The van der Waals surface area contributed by atoms with Crippen LogP contribution in [0.2, 0.25) is 0 Å². The minimum absolute atomic E-state index is 0.119. The van der Waals surface area contributed by atoms with Gasteiger partial charge in [0, 0.05) is 0 Å². The minimum atomic E-state index is -2.49. The molecule has 0 fully saturated rings. The van der Waals surface area contributed by atoms with Gasteiger partial charge in [0.15, 0.2) is 0 Å². The van der Waals surface area contributed by atoms with E-state index in [0.717, 1.165) is 16.2 Å². The van der Waals surface area contributed by atoms with Crippen molar-refractivity contribution in [1.29, 1.82) is 0 Å². The Morgan fingerprint density at radius 1 is 0.697 bits per heavy atom. The Hall–Kier alpha value is -3.34. The first kappa shape index (κ1) is 21.5. The van der Waals surface area contributed by atoms with Gasteiger partial charge in [0.1, 0.15) is 0 Å². The molecule has 0 unspecified atom stereocenters. The Balaban J connectivity index is 1.80. The van der Waals surface area contributed by atoms with E-state index in [1.165, 1.54) is 15.9 Å². The van der Waals surface area contributed by atoms with Crippen LogP contribution in [0.15, 0.2) is 102 Å². The van der Waals surface area contributed by atoms with E-state index in [4.69, 9.17) is 11.5 Å². The summed E-state index contributed by atoms with van der Waals surface area (Å²) in [4.78, 5) is 13.0. The number of nitrogens with two attached hydrogens (primary N) is 2. The van der Waals surface area contributed by atoms with Crippen molar-refractivity contribution in [2.75, 3.05) is 11.5 Å². The summed E-state index contributed by atoms with van der Waals surface area (Å²) >= 11 is 3.81. The Kier molecular flexibility index (Phi) is 5.79. The van der Waals surface area contributed by atoms with Gasteiger partial charge in [0.2, 0.25) is 0 Å². The molecule has 5 nitrogen and oxygen atoms in total. The van der Waals surface area contributed by atoms with E-state index in [2.05, 4.69) is 122 Å². The predicted molar refractivity (Wildman–Crippen MR) is 144 cm³/mol. The molecule has 0 radical (unpaired) electrons. The number of rotatable bonds is 5. The van der Waals surface area contributed by atoms with Crippen molar-refractivity contribution in [3.63, 3.8) is 0 Å². The molecule has 0 saturated carbocycles. The summed E-state index contributed by atoms with van der Waals surface area (Å²) in [5.74, 6) is 0.443. The molecule has 0 amide bonds. The van der Waals surface area contributed by atoms with Crippen LogP contribution in [0, 0.1) is 0 Å². The predicted octanol–water partition coefficient (Wildman–Crippen LogP) is 4.18. The quantitative estimate of drug-likeness (QED) is 0.342. The number of pyridine rings is 1. The standard InChI is InChI=1S/C26H23BrN5P/c27-23-18(16-30-25-22(23)24(28)31-26(29)32-25)17-33(19-10-4-1-5-11-19,20-12-6-2-7-13-20)21-14-8-3-9-15-21/h1-16,33H,17H2,(H4,28,29,30,31,32). The molecule has 4 N–H and O–H groups in total. The van der Waals surface area contributed by atoms with E-state index in [-0.39, 0.29) is 5.95 Å². The van der Waals surface area contributed by atoms with Gasteiger partial charge in [0.25, 0.3) is 0 Å². The number of anilines is 2. The zero-order chi connectivity index (χ0) is 22.8. The van der Waals surface area contributed by atoms with Crippen molar-refractivity contribution >= 4 is 61.9 Å². The third kappa shape index (κ3) is 3.86. The van der Waals surface area contributed by atoms with Gasteiger partial charge in [-0.25, -0.2) is 0 Å². The molecule has 0 saturated heterocycles. The van der Waals surface area contributed by atoms with E-state index < -0.39 is 7.26 Å². The van der Waals surface area contributed by atoms with Gasteiger partial charge in [-0.15, -0.1) is 0 Å². The Morgan fingerprint density at radius 2 is 1.18 bits per heavy atom. The van der Waals surface area contributed by atoms with E-state index in [1.54, 1.807) is 0 Å². The van der Waals surface area contributed by atoms with Gasteiger partial charge in [-0.3, -0.25) is 0 Å². The van der Waals surface area contributed by atoms with Crippen LogP contribution in [-0.4, -0.2) is 15.0 Å². The van der Waals surface area contributed by atoms with E-state index in [1.807, 2.05) is 6.20 Å². The summed E-state index contributed by atoms with van der Waals surface area (Å²) in [6, 6.07) is 32.3. The molecule has 5 rings (SSSR count). The van der Waals surface area contributed by atoms with Crippen molar-refractivity contribution in [3.05, 3.63) is 107 Å². The number of halogens is 1. The van der Waals surface area contributed by atoms with Crippen molar-refractivity contribution in [2.24, 2.45) is 0 Å². The molecule has 0 aliphatic rings. The number of nitrogen functional groups attached to an aromatic ring is 2. The second-order valence-electron chi connectivity index (χ2n) is 7.94. The molecule has 0 spiro atoms. The Labute approximate surface area is 201 Å². The van der Waals surface area contributed by atoms with Crippen molar-refractivity contribution in [3.8, 4) is 0 Å². The number of nitrogens with zero attached hydrogens (tertiary/aromatic N) is 3. The average Bonchev–Trinajstić information content (AvgIpc) is 2.85.